The Kier molecular flexibility index (Phi) is 2.80. The predicted octanol–water partition coefficient (Wildman–Crippen LogP) is 1.66. The summed E-state index contributed by atoms with van der Waals surface area (Å²) in [6.45, 7) is 0.591. The highest BCUT2D eigenvalue weighted by Gasteiger charge is 2.26. The molecular weight excluding hydrogens is 264 g/mol. The summed E-state index contributed by atoms with van der Waals surface area (Å²) in [6, 6.07) is 0. The molecule has 1 fully saturated rings. The molecule has 0 aromatic carbocycles. The Morgan fingerprint density at radius 3 is 3.10 bits per heavy atom. The first-order valence-corrected chi connectivity index (χ1v) is 4.70. The fourth-order valence-electron chi connectivity index (χ4n) is 0.912. The SMILES string of the molecule is O=C1CCCC(Cl)(I)CN1. The van der Waals surface area contributed by atoms with E-state index in [2.05, 4.69) is 27.9 Å². The number of nitrogens with one attached hydrogen (secondary N) is 1. The lowest BCUT2D eigenvalue weighted by Crippen LogP contribution is -2.30. The maximum atomic E-state index is 10.8. The number of hydrogen-bond donors (Lipinski definition) is 1. The average molecular weight is 274 g/mol. The average Bonchev–Trinajstić information content (AvgIpc) is 1.94. The molecule has 0 aliphatic carbocycles. The zero-order valence-electron chi connectivity index (χ0n) is 5.49. The van der Waals surface area contributed by atoms with E-state index in [1.807, 2.05) is 0 Å². The van der Waals surface area contributed by atoms with Crippen LogP contribution in [0.15, 0.2) is 0 Å². The lowest BCUT2D eigenvalue weighted by atomic mass is 10.2. The van der Waals surface area contributed by atoms with E-state index in [0.29, 0.717) is 13.0 Å². The molecule has 1 aliphatic rings. The van der Waals surface area contributed by atoms with Crippen molar-refractivity contribution in [3.63, 3.8) is 0 Å². The molecular formula is C6H9ClINO. The maximum absolute atomic E-state index is 10.8. The number of hydrogen-bond acceptors (Lipinski definition) is 1. The highest BCUT2D eigenvalue weighted by molar-refractivity contribution is 14.1. The summed E-state index contributed by atoms with van der Waals surface area (Å²) in [4.78, 5) is 10.8. The lowest BCUT2D eigenvalue weighted by Gasteiger charge is -2.15. The molecule has 1 N–H and O–H groups in total. The van der Waals surface area contributed by atoms with Gasteiger partial charge in [0.25, 0.3) is 0 Å². The van der Waals surface area contributed by atoms with Crippen LogP contribution in [-0.2, 0) is 4.79 Å². The fraction of sp³-hybridized carbons (Fsp3) is 0.833. The zero-order valence-corrected chi connectivity index (χ0v) is 8.41. The van der Waals surface area contributed by atoms with Crippen molar-refractivity contribution in [3.8, 4) is 0 Å². The van der Waals surface area contributed by atoms with Crippen molar-refractivity contribution in [3.05, 3.63) is 0 Å². The molecule has 0 saturated carbocycles. The Bertz CT molecular complexity index is 149. The van der Waals surface area contributed by atoms with Gasteiger partial charge in [0.1, 0.15) is 2.88 Å². The molecule has 0 spiro atoms. The molecule has 1 aliphatic heterocycles. The van der Waals surface area contributed by atoms with Crippen molar-refractivity contribution < 1.29 is 4.79 Å². The van der Waals surface area contributed by atoms with Gasteiger partial charge in [-0.2, -0.15) is 0 Å². The number of carbonyl (C=O) groups is 1. The van der Waals surface area contributed by atoms with E-state index in [1.54, 1.807) is 0 Å². The van der Waals surface area contributed by atoms with Crippen LogP contribution in [0.5, 0.6) is 0 Å². The largest absolute Gasteiger partial charge is 0.354 e. The van der Waals surface area contributed by atoms with Gasteiger partial charge in [-0.15, -0.1) is 11.6 Å². The monoisotopic (exact) mass is 273 g/mol. The van der Waals surface area contributed by atoms with Gasteiger partial charge in [-0.25, -0.2) is 0 Å². The highest BCUT2D eigenvalue weighted by atomic mass is 127. The summed E-state index contributed by atoms with van der Waals surface area (Å²) in [5, 5.41) is 2.76. The van der Waals surface area contributed by atoms with Crippen LogP contribution >= 0.6 is 34.2 Å². The van der Waals surface area contributed by atoms with Crippen molar-refractivity contribution in [2.75, 3.05) is 6.54 Å². The quantitative estimate of drug-likeness (QED) is 0.528. The van der Waals surface area contributed by atoms with Crippen LogP contribution in [0.2, 0.25) is 0 Å². The van der Waals surface area contributed by atoms with Gasteiger partial charge in [0.15, 0.2) is 0 Å². The Hall–Kier alpha value is 0.490. The standard InChI is InChI=1S/C6H9ClINO/c7-6(8)3-1-2-5(10)9-4-6/h1-4H2,(H,9,10). The molecule has 0 bridgehead atoms. The molecule has 1 rings (SSSR count). The third-order valence-electron chi connectivity index (χ3n) is 1.49. The van der Waals surface area contributed by atoms with Crippen LogP contribution < -0.4 is 5.32 Å². The molecule has 1 atom stereocenters. The maximum Gasteiger partial charge on any atom is 0.220 e. The minimum atomic E-state index is -0.246. The number of halogens is 2. The minimum Gasteiger partial charge on any atom is -0.354 e. The van der Waals surface area contributed by atoms with Gasteiger partial charge in [-0.05, 0) is 12.8 Å². The Labute approximate surface area is 78.8 Å². The van der Waals surface area contributed by atoms with Crippen LogP contribution in [0.3, 0.4) is 0 Å². The van der Waals surface area contributed by atoms with Gasteiger partial charge in [-0.1, -0.05) is 22.6 Å². The second kappa shape index (κ2) is 3.26. The van der Waals surface area contributed by atoms with Gasteiger partial charge in [0, 0.05) is 13.0 Å². The summed E-state index contributed by atoms with van der Waals surface area (Å²) in [5.74, 6) is 0.124. The summed E-state index contributed by atoms with van der Waals surface area (Å²) in [7, 11) is 0. The van der Waals surface area contributed by atoms with E-state index in [1.165, 1.54) is 0 Å². The third-order valence-corrected chi connectivity index (χ3v) is 2.73. The Morgan fingerprint density at radius 1 is 1.70 bits per heavy atom. The first kappa shape index (κ1) is 8.59. The molecule has 0 aromatic rings. The molecule has 10 heavy (non-hydrogen) atoms. The molecule has 0 aromatic heterocycles. The predicted molar refractivity (Wildman–Crippen MR) is 49.5 cm³/mol. The van der Waals surface area contributed by atoms with Gasteiger partial charge in [0.05, 0.1) is 0 Å². The molecule has 4 heteroatoms. The topological polar surface area (TPSA) is 29.1 Å². The van der Waals surface area contributed by atoms with Gasteiger partial charge in [-0.3, -0.25) is 4.79 Å². The smallest absolute Gasteiger partial charge is 0.220 e. The van der Waals surface area contributed by atoms with Crippen LogP contribution in [0, 0.1) is 0 Å². The fourth-order valence-corrected chi connectivity index (χ4v) is 1.68. The van der Waals surface area contributed by atoms with Gasteiger partial charge < -0.3 is 5.32 Å². The second-order valence-electron chi connectivity index (χ2n) is 2.49. The Balaban J connectivity index is 2.48. The van der Waals surface area contributed by atoms with E-state index in [9.17, 15) is 4.79 Å². The molecule has 2 nitrogen and oxygen atoms in total. The molecule has 1 saturated heterocycles. The van der Waals surface area contributed by atoms with E-state index >= 15 is 0 Å². The van der Waals surface area contributed by atoms with Crippen molar-refractivity contribution in [1.82, 2.24) is 5.32 Å². The number of alkyl halides is 2. The summed E-state index contributed by atoms with van der Waals surface area (Å²) in [5.41, 5.74) is 0. The minimum absolute atomic E-state index is 0.124. The van der Waals surface area contributed by atoms with Crippen molar-refractivity contribution >= 4 is 40.1 Å². The first-order valence-electron chi connectivity index (χ1n) is 3.25. The van der Waals surface area contributed by atoms with Crippen LogP contribution in [-0.4, -0.2) is 15.3 Å². The van der Waals surface area contributed by atoms with E-state index in [0.717, 1.165) is 12.8 Å². The lowest BCUT2D eigenvalue weighted by molar-refractivity contribution is -0.120. The van der Waals surface area contributed by atoms with E-state index in [4.69, 9.17) is 11.6 Å². The summed E-state index contributed by atoms with van der Waals surface area (Å²) >= 11 is 8.19. The molecule has 58 valence electrons. The second-order valence-corrected chi connectivity index (χ2v) is 5.91. The van der Waals surface area contributed by atoms with Crippen LogP contribution in [0.1, 0.15) is 19.3 Å². The van der Waals surface area contributed by atoms with Crippen molar-refractivity contribution in [2.45, 2.75) is 22.1 Å². The zero-order chi connectivity index (χ0) is 7.61. The first-order chi connectivity index (χ1) is 4.60. The van der Waals surface area contributed by atoms with Crippen LogP contribution in [0.4, 0.5) is 0 Å². The summed E-state index contributed by atoms with van der Waals surface area (Å²) in [6.07, 6.45) is 2.43. The Morgan fingerprint density at radius 2 is 2.40 bits per heavy atom. The molecule has 0 radical (unpaired) electrons. The number of amides is 1. The third kappa shape index (κ3) is 2.62. The molecule has 1 unspecified atom stereocenters. The van der Waals surface area contributed by atoms with Crippen molar-refractivity contribution in [1.29, 1.82) is 0 Å². The molecule has 1 amide bonds. The van der Waals surface area contributed by atoms with Gasteiger partial charge in [0.2, 0.25) is 5.91 Å². The van der Waals surface area contributed by atoms with E-state index < -0.39 is 0 Å². The van der Waals surface area contributed by atoms with Crippen molar-refractivity contribution in [2.24, 2.45) is 0 Å². The number of rotatable bonds is 0. The molecule has 1 heterocycles. The highest BCUT2D eigenvalue weighted by Crippen LogP contribution is 2.31. The normalized spacial score (nSPS) is 34.8. The number of carbonyl (C=O) groups excluding carboxylic acids is 1. The van der Waals surface area contributed by atoms with Gasteiger partial charge >= 0.3 is 0 Å². The van der Waals surface area contributed by atoms with E-state index in [-0.39, 0.29) is 8.79 Å². The summed E-state index contributed by atoms with van der Waals surface area (Å²) < 4.78 is -0.246. The van der Waals surface area contributed by atoms with Crippen LogP contribution in [0.25, 0.3) is 0 Å².